The molecule has 4 heteroatoms. The highest BCUT2D eigenvalue weighted by atomic mass is 16.3. The zero-order valence-electron chi connectivity index (χ0n) is 27.6. The third-order valence-electron chi connectivity index (χ3n) is 11.4. The van der Waals surface area contributed by atoms with E-state index >= 15 is 0 Å². The number of hydrogen-bond acceptors (Lipinski definition) is 3. The second kappa shape index (κ2) is 10.0. The summed E-state index contributed by atoms with van der Waals surface area (Å²) >= 11 is 0. The van der Waals surface area contributed by atoms with Crippen LogP contribution in [0.2, 0.25) is 0 Å². The molecule has 1 aliphatic rings. The molecule has 0 amide bonds. The molecule has 0 aliphatic heterocycles. The first-order valence-corrected chi connectivity index (χ1v) is 17.8. The van der Waals surface area contributed by atoms with Gasteiger partial charge in [0.2, 0.25) is 5.71 Å². The van der Waals surface area contributed by atoms with Crippen molar-refractivity contribution >= 4 is 70.9 Å². The molecule has 7 aromatic carbocycles. The zero-order valence-corrected chi connectivity index (χ0v) is 27.6. The minimum Gasteiger partial charge on any atom is -0.438 e. The van der Waals surface area contributed by atoms with Gasteiger partial charge in [0.15, 0.2) is 5.82 Å². The molecule has 238 valence electrons. The first-order valence-electron chi connectivity index (χ1n) is 17.8. The predicted molar refractivity (Wildman–Crippen MR) is 209 cm³/mol. The molecule has 0 fully saturated rings. The van der Waals surface area contributed by atoms with E-state index in [4.69, 9.17) is 14.4 Å². The summed E-state index contributed by atoms with van der Waals surface area (Å²) in [6.45, 7) is 0. The van der Waals surface area contributed by atoms with Crippen molar-refractivity contribution < 1.29 is 4.42 Å². The third-order valence-corrected chi connectivity index (χ3v) is 11.4. The van der Waals surface area contributed by atoms with Crippen LogP contribution < -0.4 is 0 Å². The van der Waals surface area contributed by atoms with Gasteiger partial charge >= 0.3 is 0 Å². The number of aromatic nitrogens is 3. The van der Waals surface area contributed by atoms with Gasteiger partial charge in [0.25, 0.3) is 0 Å². The summed E-state index contributed by atoms with van der Waals surface area (Å²) in [4.78, 5) is 10.6. The standard InChI is InChI=1S/C47H29N3O/c1-2-14-29(15-3-1)46-48-43(42-34-19-9-11-21-39(34)51-47(42)49-46)35-25-23-27-12-4-6-16-30(27)36-26-37-32-24-22-28-13-5-7-17-31(28)44(32)50-38-20-10-8-18-33(38)41(40(35)36)45(37)50/h1-22,24,26,35H,23,25H2. The maximum atomic E-state index is 6.55. The molecule has 1 aliphatic carbocycles. The SMILES string of the molecule is c1ccc(-c2nc(C3CCc4ccccc4-c4cc5c6ccc7ccccc7c6n6c7ccccc7c(c43)c56)c3c(n2)oc2ccccc23)cc1. The van der Waals surface area contributed by atoms with Crippen LogP contribution in [-0.2, 0) is 6.42 Å². The van der Waals surface area contributed by atoms with Crippen molar-refractivity contribution in [3.8, 4) is 22.5 Å². The molecule has 12 rings (SSSR count). The van der Waals surface area contributed by atoms with Gasteiger partial charge in [0.1, 0.15) is 5.58 Å². The first-order chi connectivity index (χ1) is 25.3. The summed E-state index contributed by atoms with van der Waals surface area (Å²) in [6, 6.07) is 52.5. The number of nitrogens with zero attached hydrogens (tertiary/aromatic N) is 3. The molecule has 1 atom stereocenters. The van der Waals surface area contributed by atoms with Crippen molar-refractivity contribution in [1.29, 1.82) is 0 Å². The van der Waals surface area contributed by atoms with E-state index in [9.17, 15) is 0 Å². The van der Waals surface area contributed by atoms with Gasteiger partial charge < -0.3 is 8.82 Å². The van der Waals surface area contributed by atoms with Crippen molar-refractivity contribution in [3.63, 3.8) is 0 Å². The Labute approximate surface area is 292 Å². The number of hydrogen-bond donors (Lipinski definition) is 0. The molecule has 4 aromatic heterocycles. The van der Waals surface area contributed by atoms with Gasteiger partial charge in [-0.25, -0.2) is 4.98 Å². The minimum atomic E-state index is -0.0184. The molecule has 0 bridgehead atoms. The van der Waals surface area contributed by atoms with Crippen molar-refractivity contribution in [2.45, 2.75) is 18.8 Å². The number of para-hydroxylation sites is 2. The van der Waals surface area contributed by atoms with Gasteiger partial charge in [-0.1, -0.05) is 127 Å². The quantitative estimate of drug-likeness (QED) is 0.187. The Bertz CT molecular complexity index is 3210. The smallest absolute Gasteiger partial charge is 0.231 e. The third kappa shape index (κ3) is 3.63. The van der Waals surface area contributed by atoms with Crippen LogP contribution >= 0.6 is 0 Å². The molecule has 0 saturated carbocycles. The highest BCUT2D eigenvalue weighted by Crippen LogP contribution is 2.52. The Kier molecular flexibility index (Phi) is 5.37. The van der Waals surface area contributed by atoms with Gasteiger partial charge in [-0.05, 0) is 58.7 Å². The van der Waals surface area contributed by atoms with E-state index in [1.807, 2.05) is 18.2 Å². The molecular formula is C47H29N3O. The van der Waals surface area contributed by atoms with Crippen molar-refractivity contribution in [3.05, 3.63) is 162 Å². The van der Waals surface area contributed by atoms with Gasteiger partial charge in [-0.2, -0.15) is 4.98 Å². The average molecular weight is 652 g/mol. The fourth-order valence-corrected chi connectivity index (χ4v) is 9.27. The van der Waals surface area contributed by atoms with Crippen LogP contribution in [-0.4, -0.2) is 14.4 Å². The van der Waals surface area contributed by atoms with Crippen molar-refractivity contribution in [2.24, 2.45) is 0 Å². The van der Waals surface area contributed by atoms with Gasteiger partial charge in [0.05, 0.1) is 27.6 Å². The maximum Gasteiger partial charge on any atom is 0.231 e. The summed E-state index contributed by atoms with van der Waals surface area (Å²) in [5, 5.41) is 9.78. The Morgan fingerprint density at radius 3 is 2.25 bits per heavy atom. The fraction of sp³-hybridized carbons (Fsp3) is 0.0638. The summed E-state index contributed by atoms with van der Waals surface area (Å²) in [5.74, 6) is 0.675. The lowest BCUT2D eigenvalue weighted by Gasteiger charge is -2.21. The lowest BCUT2D eigenvalue weighted by atomic mass is 9.83. The van der Waals surface area contributed by atoms with E-state index in [2.05, 4.69) is 132 Å². The van der Waals surface area contributed by atoms with Crippen LogP contribution in [0, 0.1) is 0 Å². The number of fused-ring (bicyclic) bond motifs is 15. The van der Waals surface area contributed by atoms with Gasteiger partial charge in [0, 0.05) is 43.8 Å². The minimum absolute atomic E-state index is 0.0184. The van der Waals surface area contributed by atoms with Crippen LogP contribution in [0.1, 0.15) is 29.2 Å². The number of rotatable bonds is 2. The predicted octanol–water partition coefficient (Wildman–Crippen LogP) is 12.1. The molecule has 0 radical (unpaired) electrons. The fourth-order valence-electron chi connectivity index (χ4n) is 9.27. The van der Waals surface area contributed by atoms with E-state index in [-0.39, 0.29) is 5.92 Å². The number of aryl methyl sites for hydroxylation is 1. The first kappa shape index (κ1) is 27.3. The van der Waals surface area contributed by atoms with Gasteiger partial charge in [-0.3, -0.25) is 0 Å². The highest BCUT2D eigenvalue weighted by Gasteiger charge is 2.33. The van der Waals surface area contributed by atoms with Crippen LogP contribution in [0.5, 0.6) is 0 Å². The Morgan fingerprint density at radius 1 is 0.569 bits per heavy atom. The van der Waals surface area contributed by atoms with Crippen LogP contribution in [0.25, 0.3) is 93.5 Å². The molecule has 1 unspecified atom stereocenters. The molecule has 0 N–H and O–H groups in total. The van der Waals surface area contributed by atoms with Crippen molar-refractivity contribution in [2.75, 3.05) is 0 Å². The molecule has 4 nitrogen and oxygen atoms in total. The number of benzene rings is 7. The summed E-state index contributed by atoms with van der Waals surface area (Å²) in [5.41, 5.74) is 12.6. The monoisotopic (exact) mass is 651 g/mol. The molecule has 0 saturated heterocycles. The summed E-state index contributed by atoms with van der Waals surface area (Å²) in [6.07, 6.45) is 1.85. The Balaban J connectivity index is 1.30. The number of furan rings is 1. The highest BCUT2D eigenvalue weighted by molar-refractivity contribution is 6.29. The van der Waals surface area contributed by atoms with E-state index in [1.54, 1.807) is 0 Å². The second-order valence-electron chi connectivity index (χ2n) is 14.0. The Morgan fingerprint density at radius 2 is 1.33 bits per heavy atom. The molecular weight excluding hydrogens is 623 g/mol. The van der Waals surface area contributed by atoms with Crippen LogP contribution in [0.3, 0.4) is 0 Å². The lowest BCUT2D eigenvalue weighted by Crippen LogP contribution is -2.08. The molecule has 0 spiro atoms. The summed E-state index contributed by atoms with van der Waals surface area (Å²) in [7, 11) is 0. The van der Waals surface area contributed by atoms with E-state index < -0.39 is 0 Å². The Hall–Kier alpha value is -6.52. The van der Waals surface area contributed by atoms with E-state index in [0.29, 0.717) is 11.5 Å². The second-order valence-corrected chi connectivity index (χ2v) is 14.0. The average Bonchev–Trinajstić information content (AvgIpc) is 3.81. The normalized spacial score (nSPS) is 14.7. The molecule has 51 heavy (non-hydrogen) atoms. The molecule has 11 aromatic rings. The van der Waals surface area contributed by atoms with E-state index in [0.717, 1.165) is 40.5 Å². The molecule has 4 heterocycles. The van der Waals surface area contributed by atoms with Crippen LogP contribution in [0.4, 0.5) is 0 Å². The summed E-state index contributed by atoms with van der Waals surface area (Å²) < 4.78 is 9.09. The van der Waals surface area contributed by atoms with E-state index in [1.165, 1.54) is 71.1 Å². The largest absolute Gasteiger partial charge is 0.438 e. The van der Waals surface area contributed by atoms with Crippen LogP contribution in [0.15, 0.2) is 150 Å². The zero-order chi connectivity index (χ0) is 33.2. The lowest BCUT2D eigenvalue weighted by molar-refractivity contribution is 0.649. The van der Waals surface area contributed by atoms with Crippen molar-refractivity contribution in [1.82, 2.24) is 14.4 Å². The van der Waals surface area contributed by atoms with Gasteiger partial charge in [-0.15, -0.1) is 0 Å². The topological polar surface area (TPSA) is 43.3 Å². The maximum absolute atomic E-state index is 6.55.